The monoisotopic (exact) mass is 404 g/mol. The van der Waals surface area contributed by atoms with Gasteiger partial charge in [0.15, 0.2) is 5.17 Å². The third kappa shape index (κ3) is 4.57. The highest BCUT2D eigenvalue weighted by Gasteiger charge is 2.23. The molecule has 0 atom stereocenters. The summed E-state index contributed by atoms with van der Waals surface area (Å²) >= 11 is 1.34. The summed E-state index contributed by atoms with van der Waals surface area (Å²) in [6, 6.07) is 15.4. The smallest absolute Gasteiger partial charge is 0.264 e. The Kier molecular flexibility index (Phi) is 5.48. The fraction of sp³-hybridized carbons (Fsp3) is 0.136. The number of nitrogens with zero attached hydrogens (tertiary/aromatic N) is 3. The van der Waals surface area contributed by atoms with Crippen LogP contribution in [0.15, 0.2) is 70.8 Å². The largest absolute Gasteiger partial charge is 0.486 e. The SMILES string of the molecule is Cc1ccccc1N=C1NC(=O)C(=Cc2ccc(OCc3nccn3C)cc2)S1. The van der Waals surface area contributed by atoms with E-state index in [0.29, 0.717) is 16.7 Å². The van der Waals surface area contributed by atoms with Crippen molar-refractivity contribution in [3.05, 3.63) is 82.8 Å². The minimum Gasteiger partial charge on any atom is -0.486 e. The summed E-state index contributed by atoms with van der Waals surface area (Å²) in [5, 5.41) is 3.41. The van der Waals surface area contributed by atoms with Crippen molar-refractivity contribution in [2.45, 2.75) is 13.5 Å². The van der Waals surface area contributed by atoms with Crippen molar-refractivity contribution in [2.75, 3.05) is 0 Å². The van der Waals surface area contributed by atoms with E-state index < -0.39 is 0 Å². The minimum absolute atomic E-state index is 0.141. The van der Waals surface area contributed by atoms with E-state index in [9.17, 15) is 4.79 Å². The number of imidazole rings is 1. The molecular weight excluding hydrogens is 384 g/mol. The van der Waals surface area contributed by atoms with E-state index in [-0.39, 0.29) is 5.91 Å². The fourth-order valence-corrected chi connectivity index (χ4v) is 3.61. The molecule has 1 aliphatic heterocycles. The lowest BCUT2D eigenvalue weighted by molar-refractivity contribution is -0.115. The number of aromatic nitrogens is 2. The van der Waals surface area contributed by atoms with Gasteiger partial charge in [-0.05, 0) is 54.1 Å². The molecule has 0 radical (unpaired) electrons. The number of aliphatic imine (C=N–C) groups is 1. The molecule has 1 saturated heterocycles. The maximum Gasteiger partial charge on any atom is 0.264 e. The number of benzene rings is 2. The zero-order valence-electron chi connectivity index (χ0n) is 16.1. The van der Waals surface area contributed by atoms with Gasteiger partial charge in [0.1, 0.15) is 18.2 Å². The number of ether oxygens (including phenoxy) is 1. The number of aryl methyl sites for hydroxylation is 2. The second-order valence-corrected chi connectivity index (χ2v) is 7.61. The number of thioether (sulfide) groups is 1. The molecule has 2 heterocycles. The highest BCUT2D eigenvalue weighted by atomic mass is 32.2. The Bertz CT molecular complexity index is 1100. The van der Waals surface area contributed by atoms with Crippen LogP contribution in [0.25, 0.3) is 6.08 Å². The van der Waals surface area contributed by atoms with Crippen LogP contribution in [0.4, 0.5) is 5.69 Å². The number of rotatable bonds is 5. The van der Waals surface area contributed by atoms with Crippen LogP contribution in [0.2, 0.25) is 0 Å². The molecule has 1 aromatic heterocycles. The van der Waals surface area contributed by atoms with E-state index in [1.54, 1.807) is 6.20 Å². The molecule has 0 saturated carbocycles. The number of amides is 1. The van der Waals surface area contributed by atoms with Crippen molar-refractivity contribution in [3.8, 4) is 5.75 Å². The van der Waals surface area contributed by atoms with E-state index >= 15 is 0 Å². The third-order valence-electron chi connectivity index (χ3n) is 4.46. The van der Waals surface area contributed by atoms with Crippen LogP contribution < -0.4 is 10.1 Å². The van der Waals surface area contributed by atoms with Crippen molar-refractivity contribution in [2.24, 2.45) is 12.0 Å². The van der Waals surface area contributed by atoms with Gasteiger partial charge < -0.3 is 14.6 Å². The number of nitrogens with one attached hydrogen (secondary N) is 1. The van der Waals surface area contributed by atoms with Gasteiger partial charge in [0.2, 0.25) is 0 Å². The van der Waals surface area contributed by atoms with E-state index in [2.05, 4.69) is 15.3 Å². The molecule has 1 aliphatic rings. The highest BCUT2D eigenvalue weighted by molar-refractivity contribution is 8.18. The summed E-state index contributed by atoms with van der Waals surface area (Å²) in [5.41, 5.74) is 2.84. The summed E-state index contributed by atoms with van der Waals surface area (Å²) in [7, 11) is 1.93. The van der Waals surface area contributed by atoms with Crippen LogP contribution in [-0.2, 0) is 18.4 Å². The molecular formula is C22H20N4O2S. The molecule has 0 bridgehead atoms. The number of carbonyl (C=O) groups is 1. The van der Waals surface area contributed by atoms with Crippen molar-refractivity contribution < 1.29 is 9.53 Å². The maximum atomic E-state index is 12.3. The molecule has 3 aromatic rings. The lowest BCUT2D eigenvalue weighted by Crippen LogP contribution is -2.19. The topological polar surface area (TPSA) is 68.5 Å². The summed E-state index contributed by atoms with van der Waals surface area (Å²) in [6.45, 7) is 2.40. The highest BCUT2D eigenvalue weighted by Crippen LogP contribution is 2.29. The lowest BCUT2D eigenvalue weighted by atomic mass is 10.2. The van der Waals surface area contributed by atoms with E-state index in [4.69, 9.17) is 4.74 Å². The van der Waals surface area contributed by atoms with Crippen molar-refractivity contribution >= 4 is 34.6 Å². The van der Waals surface area contributed by atoms with Gasteiger partial charge in [-0.2, -0.15) is 0 Å². The number of hydrogen-bond acceptors (Lipinski definition) is 5. The van der Waals surface area contributed by atoms with Crippen LogP contribution in [0.1, 0.15) is 17.0 Å². The molecule has 1 fully saturated rings. The second-order valence-electron chi connectivity index (χ2n) is 6.58. The first-order valence-electron chi connectivity index (χ1n) is 9.13. The van der Waals surface area contributed by atoms with Gasteiger partial charge in [0, 0.05) is 19.4 Å². The normalized spacial score (nSPS) is 16.4. The Labute approximate surface area is 173 Å². The molecule has 1 N–H and O–H groups in total. The van der Waals surface area contributed by atoms with Gasteiger partial charge in [-0.25, -0.2) is 9.98 Å². The fourth-order valence-electron chi connectivity index (χ4n) is 2.77. The quantitative estimate of drug-likeness (QED) is 0.647. The minimum atomic E-state index is -0.141. The molecule has 6 nitrogen and oxygen atoms in total. The Hall–Kier alpha value is -3.32. The summed E-state index contributed by atoms with van der Waals surface area (Å²) in [4.78, 5) is 21.7. The Morgan fingerprint density at radius 2 is 2.00 bits per heavy atom. The van der Waals surface area contributed by atoms with Crippen LogP contribution in [-0.4, -0.2) is 20.6 Å². The zero-order valence-corrected chi connectivity index (χ0v) is 16.9. The first kappa shape index (κ1) is 19.0. The predicted molar refractivity (Wildman–Crippen MR) is 116 cm³/mol. The Morgan fingerprint density at radius 3 is 2.72 bits per heavy atom. The van der Waals surface area contributed by atoms with Crippen molar-refractivity contribution in [1.29, 1.82) is 0 Å². The Balaban J connectivity index is 1.43. The molecule has 7 heteroatoms. The van der Waals surface area contributed by atoms with Gasteiger partial charge in [-0.3, -0.25) is 4.79 Å². The van der Waals surface area contributed by atoms with Gasteiger partial charge >= 0.3 is 0 Å². The van der Waals surface area contributed by atoms with Crippen LogP contribution in [0.5, 0.6) is 5.75 Å². The second kappa shape index (κ2) is 8.36. The summed E-state index contributed by atoms with van der Waals surface area (Å²) in [5.74, 6) is 1.47. The molecule has 29 heavy (non-hydrogen) atoms. The van der Waals surface area contributed by atoms with E-state index in [0.717, 1.165) is 28.4 Å². The summed E-state index contributed by atoms with van der Waals surface area (Å²) < 4.78 is 7.69. The molecule has 2 aromatic carbocycles. The first-order chi connectivity index (χ1) is 14.1. The van der Waals surface area contributed by atoms with Crippen LogP contribution in [0.3, 0.4) is 0 Å². The summed E-state index contributed by atoms with van der Waals surface area (Å²) in [6.07, 6.45) is 5.48. The van der Waals surface area contributed by atoms with E-state index in [1.165, 1.54) is 11.8 Å². The molecule has 146 valence electrons. The lowest BCUT2D eigenvalue weighted by Gasteiger charge is -2.06. The van der Waals surface area contributed by atoms with Crippen LogP contribution >= 0.6 is 11.8 Å². The average molecular weight is 404 g/mol. The number of carbonyl (C=O) groups excluding carboxylic acids is 1. The van der Waals surface area contributed by atoms with Crippen LogP contribution in [0, 0.1) is 6.92 Å². The van der Waals surface area contributed by atoms with Crippen molar-refractivity contribution in [3.63, 3.8) is 0 Å². The molecule has 0 unspecified atom stereocenters. The van der Waals surface area contributed by atoms with E-state index in [1.807, 2.05) is 79.3 Å². The number of hydrogen-bond donors (Lipinski definition) is 1. The van der Waals surface area contributed by atoms with Gasteiger partial charge in [-0.1, -0.05) is 30.3 Å². The maximum absolute atomic E-state index is 12.3. The molecule has 0 spiro atoms. The number of para-hydroxylation sites is 1. The molecule has 1 amide bonds. The zero-order chi connectivity index (χ0) is 20.2. The Morgan fingerprint density at radius 1 is 1.21 bits per heavy atom. The van der Waals surface area contributed by atoms with Gasteiger partial charge in [0.25, 0.3) is 5.91 Å². The number of amidine groups is 1. The molecule has 4 rings (SSSR count). The third-order valence-corrected chi connectivity index (χ3v) is 5.36. The van der Waals surface area contributed by atoms with Crippen molar-refractivity contribution in [1.82, 2.24) is 14.9 Å². The molecule has 0 aliphatic carbocycles. The first-order valence-corrected chi connectivity index (χ1v) is 9.94. The predicted octanol–water partition coefficient (Wildman–Crippen LogP) is 4.20. The average Bonchev–Trinajstić information content (AvgIpc) is 3.28. The standard InChI is InChI=1S/C22H20N4O2S/c1-15-5-3-4-6-18(15)24-22-25-21(27)19(29-22)13-16-7-9-17(10-8-16)28-14-20-23-11-12-26(20)2/h3-13H,14H2,1-2H3,(H,24,25,27). The van der Waals surface area contributed by atoms with Gasteiger partial charge in [0.05, 0.1) is 10.6 Å². The van der Waals surface area contributed by atoms with Gasteiger partial charge in [-0.15, -0.1) is 0 Å².